The highest BCUT2D eigenvalue weighted by molar-refractivity contribution is 6.04. The molecule has 6 heteroatoms. The third-order valence-electron chi connectivity index (χ3n) is 4.27. The summed E-state index contributed by atoms with van der Waals surface area (Å²) in [7, 11) is 1.55. The van der Waals surface area contributed by atoms with Crippen LogP contribution in [0.4, 0.5) is 11.4 Å². The number of rotatable bonds is 7. The first-order valence-corrected chi connectivity index (χ1v) is 8.60. The number of carbonyl (C=O) groups is 2. The van der Waals surface area contributed by atoms with Crippen LogP contribution in [0, 0.1) is 11.8 Å². The molecule has 1 saturated carbocycles. The molecule has 0 radical (unpaired) electrons. The van der Waals surface area contributed by atoms with E-state index >= 15 is 0 Å². The predicted octanol–water partition coefficient (Wildman–Crippen LogP) is 3.31. The van der Waals surface area contributed by atoms with Crippen molar-refractivity contribution >= 4 is 23.2 Å². The smallest absolute Gasteiger partial charge is 0.228 e. The van der Waals surface area contributed by atoms with Gasteiger partial charge < -0.3 is 20.1 Å². The van der Waals surface area contributed by atoms with Crippen molar-refractivity contribution < 1.29 is 19.1 Å². The molecule has 2 aromatic rings. The molecule has 2 N–H and O–H groups in total. The van der Waals surface area contributed by atoms with Crippen LogP contribution in [0.5, 0.6) is 11.5 Å². The first kappa shape index (κ1) is 17.8. The molecule has 0 aliphatic heterocycles. The minimum Gasteiger partial charge on any atom is -0.495 e. The second-order valence-corrected chi connectivity index (χ2v) is 6.06. The second kappa shape index (κ2) is 7.91. The normalized spacial score (nSPS) is 17.9. The Hall–Kier alpha value is -3.02. The van der Waals surface area contributed by atoms with E-state index in [0.29, 0.717) is 35.9 Å². The third kappa shape index (κ3) is 3.96. The zero-order valence-corrected chi connectivity index (χ0v) is 14.8. The van der Waals surface area contributed by atoms with Crippen molar-refractivity contribution in [3.8, 4) is 11.5 Å². The van der Waals surface area contributed by atoms with Crippen LogP contribution in [0.3, 0.4) is 0 Å². The zero-order valence-electron chi connectivity index (χ0n) is 14.8. The largest absolute Gasteiger partial charge is 0.495 e. The van der Waals surface area contributed by atoms with Crippen molar-refractivity contribution in [2.45, 2.75) is 13.3 Å². The second-order valence-electron chi connectivity index (χ2n) is 6.06. The Kier molecular flexibility index (Phi) is 5.41. The molecule has 0 heterocycles. The molecular formula is C20H22N2O4. The van der Waals surface area contributed by atoms with Gasteiger partial charge in [0.25, 0.3) is 0 Å². The van der Waals surface area contributed by atoms with E-state index in [1.165, 1.54) is 0 Å². The van der Waals surface area contributed by atoms with E-state index in [2.05, 4.69) is 10.6 Å². The van der Waals surface area contributed by atoms with Crippen molar-refractivity contribution in [2.75, 3.05) is 24.4 Å². The van der Waals surface area contributed by atoms with E-state index < -0.39 is 0 Å². The quantitative estimate of drug-likeness (QED) is 0.800. The molecule has 0 aromatic heterocycles. The molecule has 2 atom stereocenters. The van der Waals surface area contributed by atoms with Crippen molar-refractivity contribution in [3.05, 3.63) is 48.5 Å². The lowest BCUT2D eigenvalue weighted by atomic mass is 10.2. The van der Waals surface area contributed by atoms with Gasteiger partial charge in [-0.2, -0.15) is 0 Å². The summed E-state index contributed by atoms with van der Waals surface area (Å²) in [6, 6.07) is 14.5. The number of hydrogen-bond donors (Lipinski definition) is 2. The molecule has 0 saturated heterocycles. The van der Waals surface area contributed by atoms with Gasteiger partial charge in [0.05, 0.1) is 36.9 Å². The topological polar surface area (TPSA) is 76.7 Å². The number of hydrogen-bond acceptors (Lipinski definition) is 4. The standard InChI is InChI=1S/C20H22N2O4/c1-3-26-18-11-7-5-9-16(18)22-20(24)14-12-13(14)19(23)21-15-8-4-6-10-17(15)25-2/h4-11,13-14H,3,12H2,1-2H3,(H,21,23)(H,22,24). The lowest BCUT2D eigenvalue weighted by molar-refractivity contribution is -0.122. The molecule has 2 aromatic carbocycles. The molecule has 136 valence electrons. The summed E-state index contributed by atoms with van der Waals surface area (Å²) in [6.45, 7) is 2.40. The van der Waals surface area contributed by atoms with E-state index in [4.69, 9.17) is 9.47 Å². The van der Waals surface area contributed by atoms with Crippen LogP contribution in [-0.2, 0) is 9.59 Å². The van der Waals surface area contributed by atoms with Crippen LogP contribution in [-0.4, -0.2) is 25.5 Å². The summed E-state index contributed by atoms with van der Waals surface area (Å²) in [5.41, 5.74) is 1.22. The Morgan fingerprint density at radius 1 is 0.923 bits per heavy atom. The van der Waals surface area contributed by atoms with E-state index in [0.717, 1.165) is 0 Å². The average Bonchev–Trinajstić information content (AvgIpc) is 3.45. The molecule has 2 amide bonds. The van der Waals surface area contributed by atoms with Gasteiger partial charge in [0, 0.05) is 0 Å². The first-order valence-electron chi connectivity index (χ1n) is 8.60. The Bertz CT molecular complexity index is 806. The summed E-state index contributed by atoms with van der Waals surface area (Å²) in [5.74, 6) is 0.204. The van der Waals surface area contributed by atoms with Gasteiger partial charge in [0.1, 0.15) is 11.5 Å². The van der Waals surface area contributed by atoms with Crippen LogP contribution >= 0.6 is 0 Å². The number of nitrogens with one attached hydrogen (secondary N) is 2. The predicted molar refractivity (Wildman–Crippen MR) is 99.5 cm³/mol. The summed E-state index contributed by atoms with van der Waals surface area (Å²) in [4.78, 5) is 24.9. The maximum absolute atomic E-state index is 12.5. The molecule has 6 nitrogen and oxygen atoms in total. The van der Waals surface area contributed by atoms with Gasteiger partial charge >= 0.3 is 0 Å². The van der Waals surface area contributed by atoms with E-state index in [1.54, 1.807) is 31.4 Å². The van der Waals surface area contributed by atoms with Gasteiger partial charge in [-0.25, -0.2) is 0 Å². The monoisotopic (exact) mass is 354 g/mol. The Morgan fingerprint density at radius 2 is 1.42 bits per heavy atom. The highest BCUT2D eigenvalue weighted by atomic mass is 16.5. The molecule has 26 heavy (non-hydrogen) atoms. The van der Waals surface area contributed by atoms with Gasteiger partial charge in [-0.05, 0) is 37.6 Å². The molecule has 0 spiro atoms. The fourth-order valence-electron chi connectivity index (χ4n) is 2.82. The summed E-state index contributed by atoms with van der Waals surface area (Å²) in [6.07, 6.45) is 0.531. The molecule has 3 rings (SSSR count). The number of methoxy groups -OCH3 is 1. The number of anilines is 2. The molecule has 1 aliphatic rings. The van der Waals surface area contributed by atoms with Crippen molar-refractivity contribution in [1.29, 1.82) is 0 Å². The maximum atomic E-state index is 12.5. The van der Waals surface area contributed by atoms with Crippen LogP contribution in [0.25, 0.3) is 0 Å². The average molecular weight is 354 g/mol. The fraction of sp³-hybridized carbons (Fsp3) is 0.300. The number of para-hydroxylation sites is 4. The van der Waals surface area contributed by atoms with E-state index in [-0.39, 0.29) is 23.7 Å². The van der Waals surface area contributed by atoms with E-state index in [1.807, 2.05) is 31.2 Å². The summed E-state index contributed by atoms with van der Waals surface area (Å²) < 4.78 is 10.7. The van der Waals surface area contributed by atoms with Gasteiger partial charge in [-0.15, -0.1) is 0 Å². The SMILES string of the molecule is CCOc1ccccc1NC(=O)C1CC1C(=O)Nc1ccccc1OC. The highest BCUT2D eigenvalue weighted by Crippen LogP contribution is 2.41. The number of carbonyl (C=O) groups excluding carboxylic acids is 2. The highest BCUT2D eigenvalue weighted by Gasteiger charge is 2.48. The molecule has 2 unspecified atom stereocenters. The van der Waals surface area contributed by atoms with Gasteiger partial charge in [-0.1, -0.05) is 24.3 Å². The van der Waals surface area contributed by atoms with Crippen molar-refractivity contribution in [2.24, 2.45) is 11.8 Å². The third-order valence-corrected chi connectivity index (χ3v) is 4.27. The molecule has 1 aliphatic carbocycles. The zero-order chi connectivity index (χ0) is 18.5. The van der Waals surface area contributed by atoms with Gasteiger partial charge in [-0.3, -0.25) is 9.59 Å². The molecule has 0 bridgehead atoms. The maximum Gasteiger partial charge on any atom is 0.228 e. The molecule has 1 fully saturated rings. The molecular weight excluding hydrogens is 332 g/mol. The Balaban J connectivity index is 1.59. The number of benzene rings is 2. The van der Waals surface area contributed by atoms with Crippen LogP contribution < -0.4 is 20.1 Å². The fourth-order valence-corrected chi connectivity index (χ4v) is 2.82. The van der Waals surface area contributed by atoms with Crippen molar-refractivity contribution in [3.63, 3.8) is 0 Å². The van der Waals surface area contributed by atoms with Gasteiger partial charge in [0.15, 0.2) is 0 Å². The van der Waals surface area contributed by atoms with Crippen LogP contribution in [0.2, 0.25) is 0 Å². The van der Waals surface area contributed by atoms with Crippen LogP contribution in [0.15, 0.2) is 48.5 Å². The first-order chi connectivity index (χ1) is 12.6. The Morgan fingerprint density at radius 3 is 1.96 bits per heavy atom. The Labute approximate surface area is 152 Å². The van der Waals surface area contributed by atoms with Crippen LogP contribution in [0.1, 0.15) is 13.3 Å². The van der Waals surface area contributed by atoms with Gasteiger partial charge in [0.2, 0.25) is 11.8 Å². The summed E-state index contributed by atoms with van der Waals surface area (Å²) >= 11 is 0. The van der Waals surface area contributed by atoms with Crippen molar-refractivity contribution in [1.82, 2.24) is 0 Å². The minimum atomic E-state index is -0.334. The lowest BCUT2D eigenvalue weighted by Gasteiger charge is -2.11. The van der Waals surface area contributed by atoms with E-state index in [9.17, 15) is 9.59 Å². The lowest BCUT2D eigenvalue weighted by Crippen LogP contribution is -2.21. The number of amides is 2. The minimum absolute atomic E-state index is 0.169. The summed E-state index contributed by atoms with van der Waals surface area (Å²) in [5, 5.41) is 5.70. The number of ether oxygens (including phenoxy) is 2.